The quantitative estimate of drug-likeness (QED) is 0.511. The summed E-state index contributed by atoms with van der Waals surface area (Å²) in [4.78, 5) is 4.80. The number of hydrogen-bond donors (Lipinski definition) is 0. The van der Waals surface area contributed by atoms with Gasteiger partial charge < -0.3 is 0 Å². The summed E-state index contributed by atoms with van der Waals surface area (Å²) in [6.07, 6.45) is 0. The zero-order valence-corrected chi connectivity index (χ0v) is 15.1. The molecule has 4 nitrogen and oxygen atoms in total. The van der Waals surface area contributed by atoms with Gasteiger partial charge in [0.05, 0.1) is 11.4 Å². The molecule has 1 aliphatic rings. The van der Waals surface area contributed by atoms with Gasteiger partial charge in [-0.1, -0.05) is 46.3 Å². The molecule has 0 radical (unpaired) electrons. The Bertz CT molecular complexity index is 886. The lowest BCUT2D eigenvalue weighted by Gasteiger charge is -2.12. The molecule has 0 spiro atoms. The fraction of sp³-hybridized carbons (Fsp3) is 0.0625. The van der Waals surface area contributed by atoms with Crippen molar-refractivity contribution in [1.29, 1.82) is 0 Å². The van der Waals surface area contributed by atoms with Crippen LogP contribution in [-0.2, 0) is 6.54 Å². The number of hydrogen-bond acceptors (Lipinski definition) is 3. The molecule has 108 valence electrons. The van der Waals surface area contributed by atoms with Crippen LogP contribution in [0.25, 0.3) is 5.69 Å². The topological polar surface area (TPSA) is 43.1 Å². The molecular formula is C16H10BrIN4. The molecule has 6 heteroatoms. The second-order valence-electron chi connectivity index (χ2n) is 4.91. The Labute approximate surface area is 149 Å². The van der Waals surface area contributed by atoms with Crippen molar-refractivity contribution < 1.29 is 0 Å². The van der Waals surface area contributed by atoms with Crippen molar-refractivity contribution in [3.05, 3.63) is 73.8 Å². The van der Waals surface area contributed by atoms with E-state index in [-0.39, 0.29) is 0 Å². The van der Waals surface area contributed by atoms with Crippen molar-refractivity contribution in [3.8, 4) is 5.69 Å². The third-order valence-electron chi connectivity index (χ3n) is 3.57. The number of fused-ring (bicyclic) bond motifs is 3. The lowest BCUT2D eigenvalue weighted by atomic mass is 10.0. The summed E-state index contributed by atoms with van der Waals surface area (Å²) in [6, 6.07) is 16.5. The van der Waals surface area contributed by atoms with Gasteiger partial charge in [-0.2, -0.15) is 0 Å². The Morgan fingerprint density at radius 2 is 1.86 bits per heavy atom. The summed E-state index contributed by atoms with van der Waals surface area (Å²) in [5.74, 6) is 0.860. The van der Waals surface area contributed by atoms with Crippen LogP contribution in [-0.4, -0.2) is 20.5 Å². The van der Waals surface area contributed by atoms with E-state index in [9.17, 15) is 0 Å². The van der Waals surface area contributed by atoms with Gasteiger partial charge in [0.15, 0.2) is 9.66 Å². The van der Waals surface area contributed by atoms with Crippen molar-refractivity contribution in [2.75, 3.05) is 0 Å². The number of halogens is 2. The third kappa shape index (κ3) is 2.30. The summed E-state index contributed by atoms with van der Waals surface area (Å²) in [5, 5.41) is 8.43. The molecule has 0 aliphatic carbocycles. The van der Waals surface area contributed by atoms with E-state index in [4.69, 9.17) is 4.99 Å². The molecule has 4 rings (SSSR count). The highest BCUT2D eigenvalue weighted by Crippen LogP contribution is 2.28. The van der Waals surface area contributed by atoms with Crippen LogP contribution in [0.3, 0.4) is 0 Å². The second-order valence-corrected chi connectivity index (χ2v) is 6.79. The number of rotatable bonds is 1. The Balaban J connectivity index is 2.01. The molecule has 1 aromatic heterocycles. The van der Waals surface area contributed by atoms with Crippen molar-refractivity contribution >= 4 is 44.2 Å². The van der Waals surface area contributed by atoms with E-state index in [0.717, 1.165) is 36.7 Å². The normalized spacial score (nSPS) is 13.1. The summed E-state index contributed by atoms with van der Waals surface area (Å²) in [7, 11) is 0. The van der Waals surface area contributed by atoms with Gasteiger partial charge in [-0.25, -0.2) is 0 Å². The van der Waals surface area contributed by atoms with E-state index in [1.165, 1.54) is 0 Å². The summed E-state index contributed by atoms with van der Waals surface area (Å²) < 4.78 is 3.95. The first kappa shape index (κ1) is 14.1. The Hall–Kier alpha value is -1.54. The van der Waals surface area contributed by atoms with Crippen LogP contribution in [0.5, 0.6) is 0 Å². The molecule has 0 atom stereocenters. The smallest absolute Gasteiger partial charge is 0.199 e. The molecule has 0 unspecified atom stereocenters. The van der Waals surface area contributed by atoms with Gasteiger partial charge in [-0.05, 0) is 18.2 Å². The number of aliphatic imine (C=N–C) groups is 1. The van der Waals surface area contributed by atoms with Gasteiger partial charge in [0.2, 0.25) is 0 Å². The lowest BCUT2D eigenvalue weighted by Crippen LogP contribution is -2.08. The molecule has 0 N–H and O–H groups in total. The minimum Gasteiger partial charge on any atom is -0.276 e. The van der Waals surface area contributed by atoms with E-state index in [2.05, 4.69) is 77.6 Å². The maximum Gasteiger partial charge on any atom is 0.199 e. The Morgan fingerprint density at radius 1 is 1.05 bits per heavy atom. The van der Waals surface area contributed by atoms with Crippen molar-refractivity contribution in [1.82, 2.24) is 14.8 Å². The highest BCUT2D eigenvalue weighted by atomic mass is 127. The third-order valence-corrected chi connectivity index (χ3v) is 4.76. The first-order valence-electron chi connectivity index (χ1n) is 6.74. The number of nitrogens with zero attached hydrogens (tertiary/aromatic N) is 4. The van der Waals surface area contributed by atoms with Crippen LogP contribution in [0.4, 0.5) is 0 Å². The summed E-state index contributed by atoms with van der Waals surface area (Å²) >= 11 is 5.78. The molecule has 0 bridgehead atoms. The van der Waals surface area contributed by atoms with Crippen LogP contribution in [0, 0.1) is 3.83 Å². The predicted octanol–water partition coefficient (Wildman–Crippen LogP) is 3.99. The molecule has 0 saturated heterocycles. The number of benzene rings is 2. The van der Waals surface area contributed by atoms with E-state index >= 15 is 0 Å². The first-order chi connectivity index (χ1) is 10.7. The van der Waals surface area contributed by atoms with E-state index in [1.807, 2.05) is 24.3 Å². The van der Waals surface area contributed by atoms with E-state index in [1.54, 1.807) is 0 Å². The largest absolute Gasteiger partial charge is 0.276 e. The van der Waals surface area contributed by atoms with Crippen molar-refractivity contribution in [2.45, 2.75) is 6.54 Å². The fourth-order valence-corrected chi connectivity index (χ4v) is 3.61. The van der Waals surface area contributed by atoms with Crippen LogP contribution >= 0.6 is 38.5 Å². The summed E-state index contributed by atoms with van der Waals surface area (Å²) in [5.41, 5.74) is 4.23. The standard InChI is InChI=1S/C16H10BrIN4/c17-11-6-7-13-12(8-11)15(10-4-2-1-3-5-10)19-9-14-20-21-16(18)22(13)14/h1-8H,9H2. The highest BCUT2D eigenvalue weighted by molar-refractivity contribution is 14.1. The maximum atomic E-state index is 4.80. The van der Waals surface area contributed by atoms with Gasteiger partial charge in [-0.3, -0.25) is 9.56 Å². The molecule has 0 fully saturated rings. The van der Waals surface area contributed by atoms with Crippen molar-refractivity contribution in [2.24, 2.45) is 4.99 Å². The molecule has 2 aromatic carbocycles. The molecule has 0 saturated carbocycles. The van der Waals surface area contributed by atoms with Gasteiger partial charge in [0.1, 0.15) is 6.54 Å². The van der Waals surface area contributed by atoms with Crippen LogP contribution in [0.1, 0.15) is 17.0 Å². The Morgan fingerprint density at radius 3 is 2.68 bits per heavy atom. The minimum atomic E-state index is 0.520. The van der Waals surface area contributed by atoms with E-state index in [0.29, 0.717) is 6.54 Å². The molecule has 1 aliphatic heterocycles. The Kier molecular flexibility index (Phi) is 3.57. The van der Waals surface area contributed by atoms with Crippen LogP contribution in [0.15, 0.2) is 58.0 Å². The molecular weight excluding hydrogens is 455 g/mol. The highest BCUT2D eigenvalue weighted by Gasteiger charge is 2.22. The predicted molar refractivity (Wildman–Crippen MR) is 97.6 cm³/mol. The number of aromatic nitrogens is 3. The molecule has 22 heavy (non-hydrogen) atoms. The average molecular weight is 465 g/mol. The van der Waals surface area contributed by atoms with Gasteiger partial charge in [-0.15, -0.1) is 10.2 Å². The molecule has 3 aromatic rings. The monoisotopic (exact) mass is 464 g/mol. The molecule has 0 amide bonds. The fourth-order valence-electron chi connectivity index (χ4n) is 2.61. The van der Waals surface area contributed by atoms with Gasteiger partial charge in [0, 0.05) is 38.2 Å². The minimum absolute atomic E-state index is 0.520. The molecule has 2 heterocycles. The zero-order chi connectivity index (χ0) is 15.1. The SMILES string of the molecule is Brc1ccc2c(c1)C(c1ccccc1)=NCc1nnc(I)n1-2. The first-order valence-corrected chi connectivity index (χ1v) is 8.61. The van der Waals surface area contributed by atoms with Gasteiger partial charge in [0.25, 0.3) is 0 Å². The van der Waals surface area contributed by atoms with Gasteiger partial charge >= 0.3 is 0 Å². The maximum absolute atomic E-state index is 4.80. The van der Waals surface area contributed by atoms with Crippen molar-refractivity contribution in [3.63, 3.8) is 0 Å². The lowest BCUT2D eigenvalue weighted by molar-refractivity contribution is 0.865. The average Bonchev–Trinajstić information content (AvgIpc) is 2.82. The zero-order valence-electron chi connectivity index (χ0n) is 11.4. The second kappa shape index (κ2) is 5.58. The summed E-state index contributed by atoms with van der Waals surface area (Å²) in [6.45, 7) is 0.520. The van der Waals surface area contributed by atoms with Crippen LogP contribution in [0.2, 0.25) is 0 Å². The van der Waals surface area contributed by atoms with E-state index < -0.39 is 0 Å². The van der Waals surface area contributed by atoms with Crippen LogP contribution < -0.4 is 0 Å².